The summed E-state index contributed by atoms with van der Waals surface area (Å²) in [7, 11) is 1.66. The molecule has 0 radical (unpaired) electrons. The van der Waals surface area contributed by atoms with E-state index in [1.807, 2.05) is 44.2 Å². The number of aryl methyl sites for hydroxylation is 2. The van der Waals surface area contributed by atoms with Crippen LogP contribution in [0.3, 0.4) is 0 Å². The lowest BCUT2D eigenvalue weighted by molar-refractivity contribution is 0.407. The van der Waals surface area contributed by atoms with Gasteiger partial charge in [-0.25, -0.2) is 0 Å². The molecular weight excluding hydrogens is 258 g/mol. The Balaban J connectivity index is 2.45. The number of methoxy groups -OCH3 is 1. The second-order valence-electron chi connectivity index (χ2n) is 4.73. The van der Waals surface area contributed by atoms with Crippen LogP contribution in [0.1, 0.15) is 28.3 Å². The summed E-state index contributed by atoms with van der Waals surface area (Å²) in [6, 6.07) is 11.7. The summed E-state index contributed by atoms with van der Waals surface area (Å²) >= 11 is 6.16. The first-order chi connectivity index (χ1) is 9.02. The highest BCUT2D eigenvalue weighted by atomic mass is 35.5. The first kappa shape index (κ1) is 13.9. The molecule has 2 N–H and O–H groups in total. The SMILES string of the molecule is COc1ccc(C)cc1C(N)c1ccc(C)c(Cl)c1. The van der Waals surface area contributed by atoms with Gasteiger partial charge in [0.05, 0.1) is 13.2 Å². The van der Waals surface area contributed by atoms with Gasteiger partial charge in [-0.1, -0.05) is 41.4 Å². The maximum Gasteiger partial charge on any atom is 0.123 e. The van der Waals surface area contributed by atoms with Gasteiger partial charge in [-0.15, -0.1) is 0 Å². The van der Waals surface area contributed by atoms with E-state index in [1.165, 1.54) is 0 Å². The lowest BCUT2D eigenvalue weighted by atomic mass is 9.96. The van der Waals surface area contributed by atoms with Crippen molar-refractivity contribution in [3.63, 3.8) is 0 Å². The Hall–Kier alpha value is -1.51. The second kappa shape index (κ2) is 5.64. The molecule has 1 unspecified atom stereocenters. The van der Waals surface area contributed by atoms with Gasteiger partial charge in [-0.2, -0.15) is 0 Å². The molecule has 3 heteroatoms. The van der Waals surface area contributed by atoms with Crippen LogP contribution in [0.25, 0.3) is 0 Å². The topological polar surface area (TPSA) is 35.2 Å². The molecule has 0 spiro atoms. The molecule has 0 fully saturated rings. The minimum absolute atomic E-state index is 0.243. The molecule has 1 atom stereocenters. The Morgan fingerprint density at radius 3 is 2.47 bits per heavy atom. The highest BCUT2D eigenvalue weighted by Gasteiger charge is 2.15. The highest BCUT2D eigenvalue weighted by molar-refractivity contribution is 6.31. The Morgan fingerprint density at radius 2 is 1.84 bits per heavy atom. The molecule has 100 valence electrons. The van der Waals surface area contributed by atoms with Crippen LogP contribution in [0, 0.1) is 13.8 Å². The van der Waals surface area contributed by atoms with Gasteiger partial charge in [0.2, 0.25) is 0 Å². The average molecular weight is 276 g/mol. The monoisotopic (exact) mass is 275 g/mol. The first-order valence-corrected chi connectivity index (χ1v) is 6.57. The normalized spacial score (nSPS) is 12.3. The van der Waals surface area contributed by atoms with Gasteiger partial charge in [-0.05, 0) is 37.1 Å². The van der Waals surface area contributed by atoms with E-state index in [2.05, 4.69) is 6.07 Å². The van der Waals surface area contributed by atoms with Gasteiger partial charge in [0, 0.05) is 10.6 Å². The third-order valence-corrected chi connectivity index (χ3v) is 3.68. The smallest absolute Gasteiger partial charge is 0.123 e. The van der Waals surface area contributed by atoms with Crippen molar-refractivity contribution in [3.05, 3.63) is 63.7 Å². The van der Waals surface area contributed by atoms with E-state index in [-0.39, 0.29) is 6.04 Å². The Morgan fingerprint density at radius 1 is 1.11 bits per heavy atom. The van der Waals surface area contributed by atoms with Crippen molar-refractivity contribution in [1.29, 1.82) is 0 Å². The summed E-state index contributed by atoms with van der Waals surface area (Å²) in [5.41, 5.74) is 10.5. The van der Waals surface area contributed by atoms with E-state index in [4.69, 9.17) is 22.1 Å². The molecule has 0 heterocycles. The second-order valence-corrected chi connectivity index (χ2v) is 5.14. The fourth-order valence-electron chi connectivity index (χ4n) is 2.08. The maximum atomic E-state index is 6.34. The van der Waals surface area contributed by atoms with Crippen LogP contribution in [0.2, 0.25) is 5.02 Å². The molecule has 0 bridgehead atoms. The summed E-state index contributed by atoms with van der Waals surface area (Å²) in [6.45, 7) is 4.02. The molecule has 2 rings (SSSR count). The summed E-state index contributed by atoms with van der Waals surface area (Å²) in [5.74, 6) is 0.801. The highest BCUT2D eigenvalue weighted by Crippen LogP contribution is 2.30. The van der Waals surface area contributed by atoms with Crippen LogP contribution in [0.15, 0.2) is 36.4 Å². The van der Waals surface area contributed by atoms with E-state index in [0.29, 0.717) is 0 Å². The standard InChI is InChI=1S/C16H18ClNO/c1-10-4-7-15(19-3)13(8-10)16(18)12-6-5-11(2)14(17)9-12/h4-9,16H,18H2,1-3H3. The third-order valence-electron chi connectivity index (χ3n) is 3.28. The molecule has 0 amide bonds. The zero-order valence-corrected chi connectivity index (χ0v) is 12.2. The van der Waals surface area contributed by atoms with Crippen LogP contribution in [0.5, 0.6) is 5.75 Å². The van der Waals surface area contributed by atoms with Crippen LogP contribution >= 0.6 is 11.6 Å². The minimum Gasteiger partial charge on any atom is -0.496 e. The molecule has 0 aliphatic carbocycles. The molecule has 19 heavy (non-hydrogen) atoms. The quantitative estimate of drug-likeness (QED) is 0.918. The number of halogens is 1. The molecule has 0 saturated heterocycles. The maximum absolute atomic E-state index is 6.34. The number of hydrogen-bond acceptors (Lipinski definition) is 2. The molecule has 0 saturated carbocycles. The van der Waals surface area contributed by atoms with E-state index in [0.717, 1.165) is 33.0 Å². The largest absolute Gasteiger partial charge is 0.496 e. The fourth-order valence-corrected chi connectivity index (χ4v) is 2.27. The van der Waals surface area contributed by atoms with Gasteiger partial charge < -0.3 is 10.5 Å². The van der Waals surface area contributed by atoms with Crippen LogP contribution < -0.4 is 10.5 Å². The van der Waals surface area contributed by atoms with Gasteiger partial charge >= 0.3 is 0 Å². The minimum atomic E-state index is -0.243. The zero-order chi connectivity index (χ0) is 14.0. The van der Waals surface area contributed by atoms with Gasteiger partial charge in [0.1, 0.15) is 5.75 Å². The summed E-state index contributed by atoms with van der Waals surface area (Å²) < 4.78 is 5.38. The van der Waals surface area contributed by atoms with Gasteiger partial charge in [0.25, 0.3) is 0 Å². The number of rotatable bonds is 3. The Bertz CT molecular complexity index is 595. The molecule has 2 nitrogen and oxygen atoms in total. The zero-order valence-electron chi connectivity index (χ0n) is 11.4. The summed E-state index contributed by atoms with van der Waals surface area (Å²) in [6.07, 6.45) is 0. The lowest BCUT2D eigenvalue weighted by Gasteiger charge is -2.17. The molecule has 2 aromatic carbocycles. The molecule has 0 aromatic heterocycles. The molecular formula is C16H18ClNO. The third kappa shape index (κ3) is 2.91. The number of ether oxygens (including phenoxy) is 1. The summed E-state index contributed by atoms with van der Waals surface area (Å²) in [4.78, 5) is 0. The fraction of sp³-hybridized carbons (Fsp3) is 0.250. The van der Waals surface area contributed by atoms with Gasteiger partial charge in [0.15, 0.2) is 0 Å². The lowest BCUT2D eigenvalue weighted by Crippen LogP contribution is -2.13. The van der Waals surface area contributed by atoms with Crippen LogP contribution in [0.4, 0.5) is 0 Å². The van der Waals surface area contributed by atoms with E-state index >= 15 is 0 Å². The van der Waals surface area contributed by atoms with Gasteiger partial charge in [-0.3, -0.25) is 0 Å². The van der Waals surface area contributed by atoms with Crippen molar-refractivity contribution < 1.29 is 4.74 Å². The first-order valence-electron chi connectivity index (χ1n) is 6.19. The Labute approximate surface area is 119 Å². The number of hydrogen-bond donors (Lipinski definition) is 1. The number of benzene rings is 2. The number of nitrogens with two attached hydrogens (primary N) is 1. The van der Waals surface area contributed by atoms with Crippen molar-refractivity contribution in [2.45, 2.75) is 19.9 Å². The van der Waals surface area contributed by atoms with Crippen LogP contribution in [-0.2, 0) is 0 Å². The van der Waals surface area contributed by atoms with Crippen molar-refractivity contribution in [2.75, 3.05) is 7.11 Å². The summed E-state index contributed by atoms with van der Waals surface area (Å²) in [5, 5.41) is 0.736. The molecule has 0 aliphatic heterocycles. The predicted molar refractivity (Wildman–Crippen MR) is 80.0 cm³/mol. The molecule has 2 aromatic rings. The Kier molecular flexibility index (Phi) is 4.13. The van der Waals surface area contributed by atoms with Crippen molar-refractivity contribution in [1.82, 2.24) is 0 Å². The average Bonchev–Trinajstić information content (AvgIpc) is 2.41. The molecule has 0 aliphatic rings. The van der Waals surface area contributed by atoms with E-state index in [1.54, 1.807) is 7.11 Å². The van der Waals surface area contributed by atoms with Crippen molar-refractivity contribution in [2.24, 2.45) is 5.73 Å². The van der Waals surface area contributed by atoms with Crippen molar-refractivity contribution in [3.8, 4) is 5.75 Å². The van der Waals surface area contributed by atoms with Crippen molar-refractivity contribution >= 4 is 11.6 Å². The predicted octanol–water partition coefficient (Wildman–Crippen LogP) is 4.01. The van der Waals surface area contributed by atoms with E-state index in [9.17, 15) is 0 Å². The van der Waals surface area contributed by atoms with E-state index < -0.39 is 0 Å². The van der Waals surface area contributed by atoms with Crippen LogP contribution in [-0.4, -0.2) is 7.11 Å².